The Labute approximate surface area is 179 Å². The SMILES string of the molecule is CC1=Cc2c(cc3c(c2Br)OCO3)C1CCC1c2ccccc2-c2ccccc21. The predicted octanol–water partition coefficient (Wildman–Crippen LogP) is 7.27. The molecule has 0 amide bonds. The zero-order valence-electron chi connectivity index (χ0n) is 16.2. The predicted molar refractivity (Wildman–Crippen MR) is 120 cm³/mol. The first-order valence-corrected chi connectivity index (χ1v) is 11.0. The first-order chi connectivity index (χ1) is 14.2. The molecule has 0 N–H and O–H groups in total. The molecule has 0 saturated heterocycles. The van der Waals surface area contributed by atoms with Crippen molar-refractivity contribution in [3.63, 3.8) is 0 Å². The molecule has 3 heteroatoms. The first kappa shape index (κ1) is 17.3. The van der Waals surface area contributed by atoms with Gasteiger partial charge in [-0.2, -0.15) is 0 Å². The maximum atomic E-state index is 5.68. The van der Waals surface area contributed by atoms with Crippen molar-refractivity contribution in [3.8, 4) is 22.6 Å². The van der Waals surface area contributed by atoms with E-state index in [1.54, 1.807) is 0 Å². The summed E-state index contributed by atoms with van der Waals surface area (Å²) in [6.45, 7) is 2.56. The molecule has 0 spiro atoms. The second-order valence-corrected chi connectivity index (χ2v) is 8.97. The van der Waals surface area contributed by atoms with Gasteiger partial charge in [0, 0.05) is 11.8 Å². The van der Waals surface area contributed by atoms with E-state index in [4.69, 9.17) is 9.47 Å². The van der Waals surface area contributed by atoms with Gasteiger partial charge < -0.3 is 9.47 Å². The van der Waals surface area contributed by atoms with Gasteiger partial charge in [-0.1, -0.05) is 60.2 Å². The van der Waals surface area contributed by atoms with E-state index in [2.05, 4.69) is 83.5 Å². The van der Waals surface area contributed by atoms with Crippen LogP contribution in [0.5, 0.6) is 11.5 Å². The molecule has 29 heavy (non-hydrogen) atoms. The van der Waals surface area contributed by atoms with Gasteiger partial charge in [0.1, 0.15) is 0 Å². The molecule has 0 fully saturated rings. The van der Waals surface area contributed by atoms with Gasteiger partial charge in [-0.25, -0.2) is 0 Å². The van der Waals surface area contributed by atoms with Crippen molar-refractivity contribution >= 4 is 22.0 Å². The Hall–Kier alpha value is -2.52. The van der Waals surface area contributed by atoms with Crippen molar-refractivity contribution in [2.75, 3.05) is 6.79 Å². The number of hydrogen-bond donors (Lipinski definition) is 0. The van der Waals surface area contributed by atoms with Crippen molar-refractivity contribution in [3.05, 3.63) is 86.9 Å². The fourth-order valence-corrected chi connectivity index (χ4v) is 5.98. The van der Waals surface area contributed by atoms with Crippen LogP contribution in [0, 0.1) is 0 Å². The maximum absolute atomic E-state index is 5.68. The summed E-state index contributed by atoms with van der Waals surface area (Å²) in [5.74, 6) is 2.60. The number of fused-ring (bicyclic) bond motifs is 5. The summed E-state index contributed by atoms with van der Waals surface area (Å²) in [6, 6.07) is 20.0. The van der Waals surface area contributed by atoms with E-state index in [1.807, 2.05) is 0 Å². The molecular weight excluding hydrogens is 424 g/mol. The highest BCUT2D eigenvalue weighted by Crippen LogP contribution is 2.52. The van der Waals surface area contributed by atoms with Crippen LogP contribution >= 0.6 is 15.9 Å². The normalized spacial score (nSPS) is 18.4. The van der Waals surface area contributed by atoms with Gasteiger partial charge in [0.05, 0.1) is 4.47 Å². The Morgan fingerprint density at radius 2 is 1.52 bits per heavy atom. The van der Waals surface area contributed by atoms with Crippen LogP contribution in [0.1, 0.15) is 53.9 Å². The number of benzene rings is 3. The zero-order chi connectivity index (χ0) is 19.5. The van der Waals surface area contributed by atoms with Crippen LogP contribution in [0.15, 0.2) is 64.6 Å². The van der Waals surface area contributed by atoms with Gasteiger partial charge >= 0.3 is 0 Å². The monoisotopic (exact) mass is 444 g/mol. The van der Waals surface area contributed by atoms with Gasteiger partial charge in [-0.3, -0.25) is 0 Å². The molecule has 2 aliphatic carbocycles. The second-order valence-electron chi connectivity index (χ2n) is 8.17. The molecule has 6 rings (SSSR count). The highest BCUT2D eigenvalue weighted by Gasteiger charge is 2.33. The van der Waals surface area contributed by atoms with E-state index in [9.17, 15) is 0 Å². The smallest absolute Gasteiger partial charge is 0.231 e. The third-order valence-electron chi connectivity index (χ3n) is 6.68. The van der Waals surface area contributed by atoms with Crippen molar-refractivity contribution in [1.29, 1.82) is 0 Å². The summed E-state index contributed by atoms with van der Waals surface area (Å²) in [4.78, 5) is 0. The maximum Gasteiger partial charge on any atom is 0.231 e. The molecule has 1 atom stereocenters. The summed E-state index contributed by atoms with van der Waals surface area (Å²) in [5, 5.41) is 0. The fourth-order valence-electron chi connectivity index (χ4n) is 5.33. The molecule has 1 aliphatic heterocycles. The van der Waals surface area contributed by atoms with Crippen molar-refractivity contribution < 1.29 is 9.47 Å². The summed E-state index contributed by atoms with van der Waals surface area (Å²) in [5.41, 5.74) is 9.78. The quantitative estimate of drug-likeness (QED) is 0.422. The van der Waals surface area contributed by atoms with Crippen LogP contribution < -0.4 is 9.47 Å². The number of ether oxygens (including phenoxy) is 2. The molecule has 3 aromatic carbocycles. The minimum atomic E-state index is 0.305. The lowest BCUT2D eigenvalue weighted by atomic mass is 9.85. The molecule has 2 nitrogen and oxygen atoms in total. The minimum absolute atomic E-state index is 0.305. The molecular formula is C26H21BrO2. The molecule has 0 aromatic heterocycles. The fraction of sp³-hybridized carbons (Fsp3) is 0.231. The summed E-state index contributed by atoms with van der Waals surface area (Å²) in [7, 11) is 0. The number of rotatable bonds is 3. The Balaban J connectivity index is 1.34. The van der Waals surface area contributed by atoms with Crippen LogP contribution in [0.4, 0.5) is 0 Å². The number of hydrogen-bond acceptors (Lipinski definition) is 2. The van der Waals surface area contributed by atoms with Crippen LogP contribution in [0.3, 0.4) is 0 Å². The van der Waals surface area contributed by atoms with E-state index in [0.717, 1.165) is 28.8 Å². The third kappa shape index (κ3) is 2.53. The second kappa shape index (κ2) is 6.50. The summed E-state index contributed by atoms with van der Waals surface area (Å²) in [6.07, 6.45) is 4.56. The lowest BCUT2D eigenvalue weighted by Gasteiger charge is -2.19. The van der Waals surface area contributed by atoms with Crippen LogP contribution in [0.25, 0.3) is 17.2 Å². The highest BCUT2D eigenvalue weighted by molar-refractivity contribution is 9.10. The third-order valence-corrected chi connectivity index (χ3v) is 7.47. The van der Waals surface area contributed by atoms with Gasteiger partial charge in [0.25, 0.3) is 0 Å². The number of allylic oxidation sites excluding steroid dienone is 1. The van der Waals surface area contributed by atoms with E-state index < -0.39 is 0 Å². The molecule has 3 aliphatic rings. The molecule has 0 bridgehead atoms. The average Bonchev–Trinajstić information content (AvgIpc) is 3.42. The largest absolute Gasteiger partial charge is 0.454 e. The molecule has 3 aromatic rings. The molecule has 0 saturated carbocycles. The zero-order valence-corrected chi connectivity index (χ0v) is 17.8. The summed E-state index contributed by atoms with van der Waals surface area (Å²) < 4.78 is 12.4. The standard InChI is InChI=1S/C26H21BrO2/c1-15-12-23-22(13-24-26(25(23)27)29-14-28-24)16(15)10-11-21-19-8-4-2-6-17(19)18-7-3-5-9-20(18)21/h2-9,12-13,16,21H,10-11,14H2,1H3. The van der Waals surface area contributed by atoms with Gasteiger partial charge in [-0.15, -0.1) is 0 Å². The topological polar surface area (TPSA) is 18.5 Å². The van der Waals surface area contributed by atoms with Crippen molar-refractivity contribution in [2.24, 2.45) is 0 Å². The van der Waals surface area contributed by atoms with Crippen LogP contribution in [-0.2, 0) is 0 Å². The Morgan fingerprint density at radius 1 is 0.862 bits per heavy atom. The average molecular weight is 445 g/mol. The van der Waals surface area contributed by atoms with Gasteiger partial charge in [0.2, 0.25) is 6.79 Å². The first-order valence-electron chi connectivity index (χ1n) is 10.2. The van der Waals surface area contributed by atoms with E-state index in [-0.39, 0.29) is 0 Å². The number of halogens is 1. The van der Waals surface area contributed by atoms with E-state index in [1.165, 1.54) is 39.0 Å². The summed E-state index contributed by atoms with van der Waals surface area (Å²) >= 11 is 3.75. The van der Waals surface area contributed by atoms with Gasteiger partial charge in [-0.05, 0) is 75.1 Å². The molecule has 144 valence electrons. The molecule has 1 heterocycles. The van der Waals surface area contributed by atoms with Crippen LogP contribution in [0.2, 0.25) is 0 Å². The van der Waals surface area contributed by atoms with E-state index in [0.29, 0.717) is 18.6 Å². The Bertz CT molecular complexity index is 1130. The van der Waals surface area contributed by atoms with Crippen LogP contribution in [-0.4, -0.2) is 6.79 Å². The van der Waals surface area contributed by atoms with Gasteiger partial charge in [0.15, 0.2) is 11.5 Å². The highest BCUT2D eigenvalue weighted by atomic mass is 79.9. The lowest BCUT2D eigenvalue weighted by molar-refractivity contribution is 0.173. The minimum Gasteiger partial charge on any atom is -0.454 e. The van der Waals surface area contributed by atoms with Crippen molar-refractivity contribution in [1.82, 2.24) is 0 Å². The lowest BCUT2D eigenvalue weighted by Crippen LogP contribution is -2.03. The Kier molecular flexibility index (Phi) is 3.89. The van der Waals surface area contributed by atoms with Crippen molar-refractivity contribution in [2.45, 2.75) is 31.6 Å². The Morgan fingerprint density at radius 3 is 2.24 bits per heavy atom. The molecule has 1 unspecified atom stereocenters. The molecule has 0 radical (unpaired) electrons. The van der Waals surface area contributed by atoms with E-state index >= 15 is 0 Å².